The molecule has 2 N–H and O–H groups in total. The van der Waals surface area contributed by atoms with E-state index < -0.39 is 0 Å². The summed E-state index contributed by atoms with van der Waals surface area (Å²) in [6.45, 7) is 3.86. The van der Waals surface area contributed by atoms with Crippen LogP contribution in [0.25, 0.3) is 0 Å². The third-order valence-corrected chi connectivity index (χ3v) is 4.90. The van der Waals surface area contributed by atoms with E-state index >= 15 is 0 Å². The molecule has 0 aliphatic rings. The van der Waals surface area contributed by atoms with Crippen LogP contribution in [0.3, 0.4) is 0 Å². The zero-order valence-corrected chi connectivity index (χ0v) is 17.0. The topological polar surface area (TPSA) is 71.4 Å². The molecule has 1 aromatic carbocycles. The number of hydrogen-bond acceptors (Lipinski definition) is 5. The molecule has 0 radical (unpaired) electrons. The molecule has 0 bridgehead atoms. The van der Waals surface area contributed by atoms with E-state index in [-0.39, 0.29) is 0 Å². The van der Waals surface area contributed by atoms with Crippen molar-refractivity contribution in [2.45, 2.75) is 26.5 Å². The minimum absolute atomic E-state index is 0.491. The Hall–Kier alpha value is -2.93. The molecule has 2 heterocycles. The highest BCUT2D eigenvalue weighted by Crippen LogP contribution is 2.16. The van der Waals surface area contributed by atoms with Gasteiger partial charge in [-0.2, -0.15) is 0 Å². The highest BCUT2D eigenvalue weighted by atomic mass is 32.1. The van der Waals surface area contributed by atoms with Crippen molar-refractivity contribution in [3.05, 3.63) is 75.9 Å². The first-order valence-corrected chi connectivity index (χ1v) is 10.1. The number of pyridine rings is 1. The van der Waals surface area contributed by atoms with Crippen LogP contribution in [0.5, 0.6) is 5.88 Å². The van der Waals surface area contributed by atoms with E-state index in [9.17, 15) is 0 Å². The molecule has 7 heteroatoms. The fourth-order valence-electron chi connectivity index (χ4n) is 2.65. The molecule has 6 nitrogen and oxygen atoms in total. The summed E-state index contributed by atoms with van der Waals surface area (Å²) in [5, 5.41) is 9.82. The molecule has 0 spiro atoms. The van der Waals surface area contributed by atoms with Gasteiger partial charge in [-0.15, -0.1) is 11.3 Å². The van der Waals surface area contributed by atoms with Crippen molar-refractivity contribution in [2.24, 2.45) is 4.99 Å². The zero-order valence-electron chi connectivity index (χ0n) is 16.2. The molecule has 28 heavy (non-hydrogen) atoms. The smallest absolute Gasteiger partial charge is 0.218 e. The zero-order chi connectivity index (χ0) is 19.6. The third kappa shape index (κ3) is 6.06. The van der Waals surface area contributed by atoms with Gasteiger partial charge in [-0.05, 0) is 18.6 Å². The second-order valence-corrected chi connectivity index (χ2v) is 7.26. The van der Waals surface area contributed by atoms with E-state index in [2.05, 4.69) is 31.0 Å². The van der Waals surface area contributed by atoms with E-state index in [1.165, 1.54) is 0 Å². The van der Waals surface area contributed by atoms with E-state index in [0.29, 0.717) is 19.0 Å². The summed E-state index contributed by atoms with van der Waals surface area (Å²) in [6.07, 6.45) is 2.61. The van der Waals surface area contributed by atoms with Gasteiger partial charge in [0.25, 0.3) is 0 Å². The molecule has 3 rings (SSSR count). The maximum Gasteiger partial charge on any atom is 0.218 e. The second-order valence-electron chi connectivity index (χ2n) is 6.20. The Morgan fingerprint density at radius 1 is 1.14 bits per heavy atom. The summed E-state index contributed by atoms with van der Waals surface area (Å²) in [6, 6.07) is 14.0. The molecular weight excluding hydrogens is 370 g/mol. The molecule has 0 aliphatic heterocycles. The number of thiazole rings is 1. The van der Waals surface area contributed by atoms with Crippen LogP contribution in [0.4, 0.5) is 0 Å². The van der Waals surface area contributed by atoms with Crippen molar-refractivity contribution < 1.29 is 4.74 Å². The summed E-state index contributed by atoms with van der Waals surface area (Å²) >= 11 is 1.68. The average molecular weight is 396 g/mol. The van der Waals surface area contributed by atoms with Gasteiger partial charge in [0.05, 0.1) is 10.7 Å². The van der Waals surface area contributed by atoms with Crippen molar-refractivity contribution >= 4 is 17.3 Å². The van der Waals surface area contributed by atoms with Gasteiger partial charge in [-0.3, -0.25) is 4.99 Å². The van der Waals surface area contributed by atoms with Crippen molar-refractivity contribution in [3.63, 3.8) is 0 Å². The number of nitrogens with zero attached hydrogens (tertiary/aromatic N) is 3. The Kier molecular flexibility index (Phi) is 7.37. The normalized spacial score (nSPS) is 11.3. The lowest BCUT2D eigenvalue weighted by atomic mass is 10.2. The molecule has 0 unspecified atom stereocenters. The van der Waals surface area contributed by atoms with Gasteiger partial charge in [0.2, 0.25) is 5.88 Å². The first-order chi connectivity index (χ1) is 13.7. The van der Waals surface area contributed by atoms with Crippen LogP contribution < -0.4 is 15.4 Å². The van der Waals surface area contributed by atoms with Gasteiger partial charge < -0.3 is 15.4 Å². The SMILES string of the molecule is CN=C(NCCc1csc(C)n1)NCc1cccnc1OCc1ccccc1. The van der Waals surface area contributed by atoms with Crippen molar-refractivity contribution in [1.82, 2.24) is 20.6 Å². The molecule has 2 aromatic heterocycles. The minimum Gasteiger partial charge on any atom is -0.473 e. The summed E-state index contributed by atoms with van der Waals surface area (Å²) in [4.78, 5) is 13.1. The third-order valence-electron chi connectivity index (χ3n) is 4.08. The summed E-state index contributed by atoms with van der Waals surface area (Å²) in [5.74, 6) is 1.37. The molecule has 146 valence electrons. The van der Waals surface area contributed by atoms with Gasteiger partial charge in [-0.25, -0.2) is 9.97 Å². The Bertz CT molecular complexity index is 895. The van der Waals surface area contributed by atoms with E-state index in [4.69, 9.17) is 4.74 Å². The number of aliphatic imine (C=N–C) groups is 1. The molecule has 0 amide bonds. The first-order valence-electron chi connectivity index (χ1n) is 9.20. The van der Waals surface area contributed by atoms with E-state index in [1.807, 2.05) is 49.4 Å². The summed E-state index contributed by atoms with van der Waals surface area (Å²) in [7, 11) is 1.76. The lowest BCUT2D eigenvalue weighted by molar-refractivity contribution is 0.290. The molecule has 0 saturated heterocycles. The van der Waals surface area contributed by atoms with E-state index in [1.54, 1.807) is 24.6 Å². The van der Waals surface area contributed by atoms with Crippen LogP contribution in [-0.4, -0.2) is 29.5 Å². The van der Waals surface area contributed by atoms with Gasteiger partial charge in [0, 0.05) is 43.7 Å². The maximum absolute atomic E-state index is 5.91. The highest BCUT2D eigenvalue weighted by molar-refractivity contribution is 7.09. The number of nitrogens with one attached hydrogen (secondary N) is 2. The monoisotopic (exact) mass is 395 g/mol. The summed E-state index contributed by atoms with van der Waals surface area (Å²) < 4.78 is 5.91. The van der Waals surface area contributed by atoms with Gasteiger partial charge in [0.15, 0.2) is 5.96 Å². The number of aromatic nitrogens is 2. The van der Waals surface area contributed by atoms with Crippen molar-refractivity contribution in [3.8, 4) is 5.88 Å². The van der Waals surface area contributed by atoms with Crippen LogP contribution in [0.2, 0.25) is 0 Å². The fourth-order valence-corrected chi connectivity index (χ4v) is 3.29. The second kappa shape index (κ2) is 10.4. The number of ether oxygens (including phenoxy) is 1. The van der Waals surface area contributed by atoms with Crippen LogP contribution in [0, 0.1) is 6.92 Å². The fraction of sp³-hybridized carbons (Fsp3) is 0.286. The quantitative estimate of drug-likeness (QED) is 0.452. The molecular formula is C21H25N5OS. The predicted octanol–water partition coefficient (Wildman–Crippen LogP) is 3.33. The minimum atomic E-state index is 0.491. The largest absolute Gasteiger partial charge is 0.473 e. The highest BCUT2D eigenvalue weighted by Gasteiger charge is 2.07. The predicted molar refractivity (Wildman–Crippen MR) is 114 cm³/mol. The Morgan fingerprint density at radius 2 is 2.00 bits per heavy atom. The van der Waals surface area contributed by atoms with Crippen molar-refractivity contribution in [1.29, 1.82) is 0 Å². The lowest BCUT2D eigenvalue weighted by Gasteiger charge is -2.14. The van der Waals surface area contributed by atoms with Gasteiger partial charge >= 0.3 is 0 Å². The first kappa shape index (κ1) is 19.8. The van der Waals surface area contributed by atoms with Crippen LogP contribution in [-0.2, 0) is 19.6 Å². The number of aryl methyl sites for hydroxylation is 1. The number of benzene rings is 1. The molecule has 0 saturated carbocycles. The van der Waals surface area contributed by atoms with Crippen LogP contribution >= 0.6 is 11.3 Å². The van der Waals surface area contributed by atoms with Gasteiger partial charge in [-0.1, -0.05) is 36.4 Å². The lowest BCUT2D eigenvalue weighted by Crippen LogP contribution is -2.38. The van der Waals surface area contributed by atoms with Gasteiger partial charge in [0.1, 0.15) is 6.61 Å². The molecule has 0 atom stereocenters. The average Bonchev–Trinajstić information content (AvgIpc) is 3.15. The maximum atomic E-state index is 5.91. The number of rotatable bonds is 8. The number of guanidine groups is 1. The standard InChI is InChI=1S/C21H25N5OS/c1-16-26-19(15-28-16)10-12-24-21(22-2)25-13-18-9-6-11-23-20(18)27-14-17-7-4-3-5-8-17/h3-9,11,15H,10,12-14H2,1-2H3,(H2,22,24,25). The van der Waals surface area contributed by atoms with Crippen LogP contribution in [0.1, 0.15) is 21.8 Å². The van der Waals surface area contributed by atoms with Crippen molar-refractivity contribution in [2.75, 3.05) is 13.6 Å². The Morgan fingerprint density at radius 3 is 2.75 bits per heavy atom. The molecule has 3 aromatic rings. The Labute approximate surface area is 169 Å². The molecule has 0 aliphatic carbocycles. The van der Waals surface area contributed by atoms with E-state index in [0.717, 1.165) is 40.8 Å². The molecule has 0 fully saturated rings. The Balaban J connectivity index is 1.49. The number of hydrogen-bond donors (Lipinski definition) is 2. The van der Waals surface area contributed by atoms with Crippen LogP contribution in [0.15, 0.2) is 59.0 Å². The summed E-state index contributed by atoms with van der Waals surface area (Å²) in [5.41, 5.74) is 3.20.